The lowest BCUT2D eigenvalue weighted by molar-refractivity contribution is 0.602. The average molecular weight is 370 g/mol. The minimum Gasteiger partial charge on any atom is -0.224 e. The lowest BCUT2D eigenvalue weighted by Crippen LogP contribution is -1.99. The van der Waals surface area contributed by atoms with Crippen LogP contribution in [0.15, 0.2) is 35.2 Å². The molecular formula is C13H8Cl4O2S. The first kappa shape index (κ1) is 15.9. The minimum absolute atomic E-state index is 0.0120. The quantitative estimate of drug-likeness (QED) is 0.712. The van der Waals surface area contributed by atoms with Gasteiger partial charge in [-0.2, -0.15) is 0 Å². The molecule has 0 bridgehead atoms. The molecule has 2 aromatic rings. The largest absolute Gasteiger partial charge is 0.224 e. The lowest BCUT2D eigenvalue weighted by Gasteiger charge is -2.09. The molecule has 0 aliphatic rings. The minimum atomic E-state index is -3.48. The Morgan fingerprint density at radius 3 is 1.95 bits per heavy atom. The molecule has 0 saturated carbocycles. The van der Waals surface area contributed by atoms with Crippen LogP contribution in [0, 0.1) is 0 Å². The van der Waals surface area contributed by atoms with Crippen molar-refractivity contribution in [1.29, 1.82) is 0 Å². The van der Waals surface area contributed by atoms with Crippen molar-refractivity contribution in [3.8, 4) is 11.1 Å². The van der Waals surface area contributed by atoms with Crippen molar-refractivity contribution in [2.45, 2.75) is 4.90 Å². The van der Waals surface area contributed by atoms with Gasteiger partial charge in [0.05, 0.1) is 25.0 Å². The van der Waals surface area contributed by atoms with Gasteiger partial charge in [0, 0.05) is 6.26 Å². The SMILES string of the molecule is CS(=O)(=O)c1cc(-c2ccc(Cl)c(Cl)c2)cc(Cl)c1Cl. The van der Waals surface area contributed by atoms with E-state index in [4.69, 9.17) is 46.4 Å². The van der Waals surface area contributed by atoms with Crippen LogP contribution in [0.3, 0.4) is 0 Å². The molecule has 0 atom stereocenters. The molecule has 0 aliphatic carbocycles. The summed E-state index contributed by atoms with van der Waals surface area (Å²) < 4.78 is 23.4. The molecule has 0 fully saturated rings. The van der Waals surface area contributed by atoms with E-state index in [1.165, 1.54) is 6.07 Å². The summed E-state index contributed by atoms with van der Waals surface area (Å²) >= 11 is 23.7. The summed E-state index contributed by atoms with van der Waals surface area (Å²) in [6.07, 6.45) is 1.07. The van der Waals surface area contributed by atoms with E-state index in [0.29, 0.717) is 21.2 Å². The normalized spacial score (nSPS) is 11.7. The summed E-state index contributed by atoms with van der Waals surface area (Å²) in [5, 5.41) is 0.962. The molecule has 0 heterocycles. The Morgan fingerprint density at radius 1 is 0.800 bits per heavy atom. The van der Waals surface area contributed by atoms with Crippen LogP contribution in [0.25, 0.3) is 11.1 Å². The van der Waals surface area contributed by atoms with E-state index in [0.717, 1.165) is 6.26 Å². The van der Waals surface area contributed by atoms with Gasteiger partial charge in [0.15, 0.2) is 9.84 Å². The molecule has 2 rings (SSSR count). The fraction of sp³-hybridized carbons (Fsp3) is 0.0769. The molecule has 0 radical (unpaired) electrons. The van der Waals surface area contributed by atoms with Crippen molar-refractivity contribution in [2.24, 2.45) is 0 Å². The van der Waals surface area contributed by atoms with Crippen LogP contribution >= 0.6 is 46.4 Å². The molecule has 7 heteroatoms. The van der Waals surface area contributed by atoms with E-state index in [-0.39, 0.29) is 14.9 Å². The van der Waals surface area contributed by atoms with Gasteiger partial charge in [0.1, 0.15) is 0 Å². The predicted octanol–water partition coefficient (Wildman–Crippen LogP) is 5.37. The van der Waals surface area contributed by atoms with Crippen LogP contribution < -0.4 is 0 Å². The van der Waals surface area contributed by atoms with E-state index in [9.17, 15) is 8.42 Å². The van der Waals surface area contributed by atoms with Crippen LogP contribution in [0.2, 0.25) is 20.1 Å². The third kappa shape index (κ3) is 3.23. The highest BCUT2D eigenvalue weighted by atomic mass is 35.5. The molecule has 0 saturated heterocycles. The molecule has 0 aliphatic heterocycles. The number of hydrogen-bond donors (Lipinski definition) is 0. The molecular weight excluding hydrogens is 362 g/mol. The molecule has 0 amide bonds. The number of sulfone groups is 1. The predicted molar refractivity (Wildman–Crippen MR) is 85.0 cm³/mol. The molecule has 0 spiro atoms. The zero-order valence-corrected chi connectivity index (χ0v) is 14.0. The maximum Gasteiger partial charge on any atom is 0.177 e. The fourth-order valence-electron chi connectivity index (χ4n) is 1.68. The summed E-state index contributed by atoms with van der Waals surface area (Å²) in [4.78, 5) is -0.0206. The van der Waals surface area contributed by atoms with Gasteiger partial charge < -0.3 is 0 Å². The first-order chi connectivity index (χ1) is 9.20. The van der Waals surface area contributed by atoms with Crippen LogP contribution in [0.1, 0.15) is 0 Å². The van der Waals surface area contributed by atoms with Gasteiger partial charge in [-0.05, 0) is 35.4 Å². The zero-order valence-electron chi connectivity index (χ0n) is 10.1. The summed E-state index contributed by atoms with van der Waals surface area (Å²) in [5.74, 6) is 0. The highest BCUT2D eigenvalue weighted by Crippen LogP contribution is 2.36. The van der Waals surface area contributed by atoms with Crippen molar-refractivity contribution < 1.29 is 8.42 Å². The molecule has 20 heavy (non-hydrogen) atoms. The second-order valence-electron chi connectivity index (χ2n) is 4.17. The number of rotatable bonds is 2. The van der Waals surface area contributed by atoms with Crippen LogP contribution in [0.4, 0.5) is 0 Å². The molecule has 106 valence electrons. The molecule has 0 aromatic heterocycles. The van der Waals surface area contributed by atoms with Crippen molar-refractivity contribution in [3.05, 3.63) is 50.4 Å². The highest BCUT2D eigenvalue weighted by molar-refractivity contribution is 7.90. The van der Waals surface area contributed by atoms with E-state index in [1.807, 2.05) is 0 Å². The first-order valence-corrected chi connectivity index (χ1v) is 8.75. The van der Waals surface area contributed by atoms with Gasteiger partial charge in [-0.15, -0.1) is 0 Å². The molecule has 2 aromatic carbocycles. The lowest BCUT2D eigenvalue weighted by atomic mass is 10.1. The van der Waals surface area contributed by atoms with E-state index >= 15 is 0 Å². The number of halogens is 4. The van der Waals surface area contributed by atoms with Crippen LogP contribution in [-0.4, -0.2) is 14.7 Å². The Labute approximate surface area is 137 Å². The van der Waals surface area contributed by atoms with Crippen molar-refractivity contribution in [1.82, 2.24) is 0 Å². The number of hydrogen-bond acceptors (Lipinski definition) is 2. The molecule has 0 N–H and O–H groups in total. The zero-order chi connectivity index (χ0) is 15.1. The Kier molecular flexibility index (Phi) is 4.57. The van der Waals surface area contributed by atoms with Gasteiger partial charge in [0.2, 0.25) is 0 Å². The Balaban J connectivity index is 2.70. The third-order valence-electron chi connectivity index (χ3n) is 2.65. The van der Waals surface area contributed by atoms with Crippen molar-refractivity contribution in [2.75, 3.05) is 6.26 Å². The Hall–Kier alpha value is -0.450. The summed E-state index contributed by atoms with van der Waals surface area (Å²) in [7, 11) is -3.48. The first-order valence-electron chi connectivity index (χ1n) is 5.34. The average Bonchev–Trinajstić information content (AvgIpc) is 2.34. The molecule has 0 unspecified atom stereocenters. The second kappa shape index (κ2) is 5.74. The van der Waals surface area contributed by atoms with Crippen LogP contribution in [-0.2, 0) is 9.84 Å². The van der Waals surface area contributed by atoms with Gasteiger partial charge in [-0.25, -0.2) is 8.42 Å². The number of benzene rings is 2. The van der Waals surface area contributed by atoms with Crippen molar-refractivity contribution >= 4 is 56.2 Å². The maximum atomic E-state index is 11.7. The van der Waals surface area contributed by atoms with E-state index < -0.39 is 9.84 Å². The summed E-state index contributed by atoms with van der Waals surface area (Å²) in [6.45, 7) is 0. The third-order valence-corrected chi connectivity index (χ3v) is 5.42. The molecule has 2 nitrogen and oxygen atoms in total. The van der Waals surface area contributed by atoms with Crippen LogP contribution in [0.5, 0.6) is 0 Å². The Morgan fingerprint density at radius 2 is 1.40 bits per heavy atom. The summed E-state index contributed by atoms with van der Waals surface area (Å²) in [6, 6.07) is 8.03. The van der Waals surface area contributed by atoms with Gasteiger partial charge in [0.25, 0.3) is 0 Å². The maximum absolute atomic E-state index is 11.7. The monoisotopic (exact) mass is 368 g/mol. The van der Waals surface area contributed by atoms with E-state index in [2.05, 4.69) is 0 Å². The topological polar surface area (TPSA) is 34.1 Å². The second-order valence-corrected chi connectivity index (χ2v) is 7.75. The summed E-state index contributed by atoms with van der Waals surface area (Å²) in [5.41, 5.74) is 1.29. The van der Waals surface area contributed by atoms with Gasteiger partial charge >= 0.3 is 0 Å². The van der Waals surface area contributed by atoms with Crippen molar-refractivity contribution in [3.63, 3.8) is 0 Å². The Bertz CT molecular complexity index is 785. The van der Waals surface area contributed by atoms with Gasteiger partial charge in [-0.3, -0.25) is 0 Å². The van der Waals surface area contributed by atoms with Gasteiger partial charge in [-0.1, -0.05) is 52.5 Å². The fourth-order valence-corrected chi connectivity index (χ4v) is 3.56. The smallest absolute Gasteiger partial charge is 0.177 e. The standard InChI is InChI=1S/C13H8Cl4O2S/c1-20(18,19)12-6-8(5-11(16)13(12)17)7-2-3-9(14)10(15)4-7/h2-6H,1H3. The van der Waals surface area contributed by atoms with E-state index in [1.54, 1.807) is 24.3 Å². The highest BCUT2D eigenvalue weighted by Gasteiger charge is 2.17.